The lowest BCUT2D eigenvalue weighted by molar-refractivity contribution is -0.142. The summed E-state index contributed by atoms with van der Waals surface area (Å²) in [4.78, 5) is 117. The number of nitrogens with zero attached hydrogens (tertiary/aromatic N) is 2. The Morgan fingerprint density at radius 3 is 2.07 bits per heavy atom. The molecule has 23 nitrogen and oxygen atoms in total. The third-order valence-corrected chi connectivity index (χ3v) is 12.6. The summed E-state index contributed by atoms with van der Waals surface area (Å²) in [5, 5.41) is 47.0. The minimum Gasteiger partial charge on any atom is -0.508 e. The van der Waals surface area contributed by atoms with Crippen molar-refractivity contribution in [2.24, 2.45) is 28.1 Å². The minimum atomic E-state index is -1.66. The van der Waals surface area contributed by atoms with Gasteiger partial charge in [-0.15, -0.1) is 0 Å². The number of aliphatic carboxylic acids is 1. The van der Waals surface area contributed by atoms with Crippen LogP contribution >= 0.6 is 0 Å². The summed E-state index contributed by atoms with van der Waals surface area (Å²) in [6, 6.07) is 13.0. The number of benzene rings is 3. The number of carbonyl (C=O) groups is 8. The first-order chi connectivity index (χ1) is 35.7. The Hall–Kier alpha value is -8.05. The van der Waals surface area contributed by atoms with Crippen LogP contribution in [0.15, 0.2) is 90.1 Å². The summed E-state index contributed by atoms with van der Waals surface area (Å²) in [6.45, 7) is 4.58. The summed E-state index contributed by atoms with van der Waals surface area (Å²) in [7, 11) is 0. The Kier molecular flexibility index (Phi) is 21.5. The molecule has 1 fully saturated rings. The number of rotatable bonds is 27. The number of carbonyl (C=O) groups excluding carboxylic acids is 7. The van der Waals surface area contributed by atoms with Gasteiger partial charge < -0.3 is 74.3 Å². The van der Waals surface area contributed by atoms with Gasteiger partial charge in [-0.3, -0.25) is 38.6 Å². The number of aromatic nitrogens is 1. The molecule has 4 aromatic rings. The molecule has 0 bridgehead atoms. The Balaban J connectivity index is 1.26. The molecule has 0 spiro atoms. The summed E-state index contributed by atoms with van der Waals surface area (Å²) in [6.07, 6.45) is 1.25. The largest absolute Gasteiger partial charge is 0.508 e. The monoisotopic (exact) mass is 1040 g/mol. The molecule has 23 heteroatoms. The lowest BCUT2D eigenvalue weighted by Gasteiger charge is -2.31. The van der Waals surface area contributed by atoms with Crippen LogP contribution in [0.4, 0.5) is 0 Å². The van der Waals surface area contributed by atoms with Crippen LogP contribution in [0.5, 0.6) is 5.75 Å². The highest BCUT2D eigenvalue weighted by molar-refractivity contribution is 5.98. The Morgan fingerprint density at radius 1 is 0.747 bits per heavy atom. The van der Waals surface area contributed by atoms with Crippen LogP contribution in [0, 0.1) is 5.92 Å². The number of phenols is 1. The molecular formula is C52H70N12O11. The molecule has 3 aromatic carbocycles. The van der Waals surface area contributed by atoms with Crippen molar-refractivity contribution in [1.82, 2.24) is 41.8 Å². The van der Waals surface area contributed by atoms with Gasteiger partial charge in [0, 0.05) is 49.5 Å². The molecule has 7 amide bonds. The van der Waals surface area contributed by atoms with Crippen molar-refractivity contribution in [2.75, 3.05) is 19.6 Å². The van der Waals surface area contributed by atoms with E-state index in [0.717, 1.165) is 10.9 Å². The van der Waals surface area contributed by atoms with Gasteiger partial charge in [0.25, 0.3) is 0 Å². The number of hydrogen-bond donors (Lipinski definition) is 13. The lowest BCUT2D eigenvalue weighted by Crippen LogP contribution is -2.61. The zero-order valence-electron chi connectivity index (χ0n) is 42.3. The Morgan fingerprint density at radius 2 is 1.40 bits per heavy atom. The number of amides is 7. The Labute approximate surface area is 434 Å². The van der Waals surface area contributed by atoms with Crippen LogP contribution < -0.4 is 49.1 Å². The number of para-hydroxylation sites is 1. The number of carboxylic acids is 1. The number of nitrogens with one attached hydrogen (secondary N) is 7. The predicted octanol–water partition coefficient (Wildman–Crippen LogP) is -0.675. The fourth-order valence-corrected chi connectivity index (χ4v) is 8.71. The number of aliphatic hydroxyl groups excluding tert-OH is 1. The van der Waals surface area contributed by atoms with E-state index in [1.165, 1.54) is 24.0 Å². The fraction of sp³-hybridized carbons (Fsp3) is 0.442. The molecule has 75 heavy (non-hydrogen) atoms. The third kappa shape index (κ3) is 17.6. The molecule has 1 aliphatic rings. The third-order valence-electron chi connectivity index (χ3n) is 12.6. The normalized spacial score (nSPS) is 16.0. The number of aromatic amines is 1. The lowest BCUT2D eigenvalue weighted by atomic mass is 10.0. The quantitative estimate of drug-likeness (QED) is 0.0200. The number of H-pyrrole nitrogens is 1. The van der Waals surface area contributed by atoms with E-state index in [0.29, 0.717) is 29.5 Å². The van der Waals surface area contributed by atoms with E-state index < -0.39 is 102 Å². The average molecular weight is 1040 g/mol. The van der Waals surface area contributed by atoms with E-state index in [1.807, 2.05) is 18.2 Å². The van der Waals surface area contributed by atoms with Crippen LogP contribution in [-0.4, -0.2) is 147 Å². The van der Waals surface area contributed by atoms with Crippen LogP contribution in [0.2, 0.25) is 0 Å². The SMILES string of the molecule is CC(C)C[C@H](NC(=O)[C@@H]1CCCN1C(=O)[C@H](Cc1ccc(O)cc1)NC(=O)[C@@H](N)CCCN=C(N)N)C(=O)N[C@H](C(=O)N[C@@H](Cc1ccccc1)C(=O)NCC(=O)N[C@@H](Cc1c[nH]c2ccccc12)C(=O)O)[C@@H](C)O. The second kappa shape index (κ2) is 27.8. The number of aromatic hydroxyl groups is 1. The molecule has 2 heterocycles. The summed E-state index contributed by atoms with van der Waals surface area (Å²) in [5.74, 6) is -6.94. The predicted molar refractivity (Wildman–Crippen MR) is 278 cm³/mol. The van der Waals surface area contributed by atoms with E-state index in [9.17, 15) is 53.7 Å². The maximum Gasteiger partial charge on any atom is 0.326 e. The molecule has 1 saturated heterocycles. The van der Waals surface area contributed by atoms with Gasteiger partial charge in [-0.2, -0.15) is 0 Å². The van der Waals surface area contributed by atoms with Crippen LogP contribution in [-0.2, 0) is 57.6 Å². The maximum absolute atomic E-state index is 14.4. The van der Waals surface area contributed by atoms with Crippen LogP contribution in [0.3, 0.4) is 0 Å². The molecule has 8 atom stereocenters. The van der Waals surface area contributed by atoms with E-state index in [-0.39, 0.29) is 69.2 Å². The molecule has 1 aliphatic heterocycles. The van der Waals surface area contributed by atoms with Crippen molar-refractivity contribution in [2.45, 2.75) is 121 Å². The van der Waals surface area contributed by atoms with E-state index >= 15 is 0 Å². The molecule has 404 valence electrons. The van der Waals surface area contributed by atoms with Gasteiger partial charge in [0.1, 0.15) is 42.0 Å². The Bertz CT molecular complexity index is 2640. The molecule has 0 aliphatic carbocycles. The first-order valence-corrected chi connectivity index (χ1v) is 24.9. The number of guanidine groups is 1. The molecular weight excluding hydrogens is 969 g/mol. The maximum atomic E-state index is 14.4. The second-order valence-corrected chi connectivity index (χ2v) is 19.1. The number of likely N-dealkylation sites (tertiary alicyclic amines) is 1. The number of carboxylic acid groups (broad SMARTS) is 1. The van der Waals surface area contributed by atoms with Gasteiger partial charge in [0.15, 0.2) is 5.96 Å². The van der Waals surface area contributed by atoms with Crippen molar-refractivity contribution in [3.63, 3.8) is 0 Å². The van der Waals surface area contributed by atoms with Crippen molar-refractivity contribution in [1.29, 1.82) is 0 Å². The topological polar surface area (TPSA) is 379 Å². The van der Waals surface area contributed by atoms with Crippen molar-refractivity contribution in [3.05, 3.63) is 102 Å². The molecule has 0 unspecified atom stereocenters. The number of aliphatic imine (C=N–C) groups is 1. The fourth-order valence-electron chi connectivity index (χ4n) is 8.71. The van der Waals surface area contributed by atoms with E-state index in [4.69, 9.17) is 17.2 Å². The number of nitrogens with two attached hydrogens (primary N) is 3. The van der Waals surface area contributed by atoms with Crippen molar-refractivity contribution < 1.29 is 53.7 Å². The first kappa shape index (κ1) is 57.8. The summed E-state index contributed by atoms with van der Waals surface area (Å²) < 4.78 is 0. The second-order valence-electron chi connectivity index (χ2n) is 19.1. The van der Waals surface area contributed by atoms with Gasteiger partial charge in [-0.05, 0) is 79.8 Å². The molecule has 5 rings (SSSR count). The molecule has 1 aromatic heterocycles. The number of hydrogen-bond acceptors (Lipinski definition) is 12. The van der Waals surface area contributed by atoms with Crippen molar-refractivity contribution in [3.8, 4) is 5.75 Å². The van der Waals surface area contributed by atoms with Gasteiger partial charge in [0.05, 0.1) is 18.7 Å². The number of phenolic OH excluding ortho intramolecular Hbond substituents is 1. The highest BCUT2D eigenvalue weighted by Gasteiger charge is 2.40. The highest BCUT2D eigenvalue weighted by atomic mass is 16.4. The van der Waals surface area contributed by atoms with Gasteiger partial charge in [-0.25, -0.2) is 4.79 Å². The molecule has 16 N–H and O–H groups in total. The highest BCUT2D eigenvalue weighted by Crippen LogP contribution is 2.22. The molecule has 0 saturated carbocycles. The zero-order valence-corrected chi connectivity index (χ0v) is 42.3. The van der Waals surface area contributed by atoms with Gasteiger partial charge in [-0.1, -0.05) is 74.5 Å². The zero-order chi connectivity index (χ0) is 54.8. The number of fused-ring (bicyclic) bond motifs is 1. The van der Waals surface area contributed by atoms with Crippen molar-refractivity contribution >= 4 is 64.2 Å². The number of aliphatic hydroxyl groups is 1. The summed E-state index contributed by atoms with van der Waals surface area (Å²) in [5.41, 5.74) is 19.6. The van der Waals surface area contributed by atoms with Crippen LogP contribution in [0.25, 0.3) is 10.9 Å². The summed E-state index contributed by atoms with van der Waals surface area (Å²) >= 11 is 0. The molecule has 0 radical (unpaired) electrons. The van der Waals surface area contributed by atoms with Gasteiger partial charge in [0.2, 0.25) is 41.4 Å². The smallest absolute Gasteiger partial charge is 0.326 e. The first-order valence-electron chi connectivity index (χ1n) is 24.9. The van der Waals surface area contributed by atoms with Gasteiger partial charge >= 0.3 is 5.97 Å². The van der Waals surface area contributed by atoms with E-state index in [2.05, 4.69) is 41.9 Å². The standard InChI is InChI=1S/C52H70N12O11/c1-29(2)23-38(60-48(71)42-16-10-22-64(42)50(73)40(25-32-17-19-34(66)20-18-32)62-45(68)36(53)14-9-21-56-52(54)55)47(70)63-44(30(3)65)49(72)61-39(24-31-11-5-4-6-12-31)46(69)58-28-43(67)59-41(51(74)75)26-33-27-57-37-15-8-7-13-35(33)37/h4-8,11-13,15,17-20,27,29-30,36,38-42,44,57,65-66H,9-10,14,16,21-26,28,53H2,1-3H3,(H,58,69)(H,59,67)(H,60,71)(H,61,72)(H,62,68)(H,63,70)(H,74,75)(H4,54,55,56)/t30-,36+,38+,39+,40+,41+,42+,44+/m1/s1. The van der Waals surface area contributed by atoms with E-state index in [1.54, 1.807) is 68.6 Å². The minimum absolute atomic E-state index is 0.00739. The van der Waals surface area contributed by atoms with Crippen LogP contribution in [0.1, 0.15) is 69.6 Å². The average Bonchev–Trinajstić information content (AvgIpc) is 4.03.